The Labute approximate surface area is 183 Å². The summed E-state index contributed by atoms with van der Waals surface area (Å²) in [4.78, 5) is 25.6. The van der Waals surface area contributed by atoms with Crippen LogP contribution in [-0.4, -0.2) is 18.4 Å². The van der Waals surface area contributed by atoms with Gasteiger partial charge in [-0.1, -0.05) is 56.3 Å². The van der Waals surface area contributed by atoms with Crippen LogP contribution in [0.25, 0.3) is 0 Å². The Morgan fingerprint density at radius 1 is 0.806 bits per heavy atom. The van der Waals surface area contributed by atoms with E-state index in [9.17, 15) is 9.59 Å². The van der Waals surface area contributed by atoms with E-state index in [0.29, 0.717) is 29.3 Å². The molecule has 5 nitrogen and oxygen atoms in total. The fourth-order valence-electron chi connectivity index (χ4n) is 3.05. The molecule has 2 N–H and O–H groups in total. The first-order valence-corrected chi connectivity index (χ1v) is 10.4. The van der Waals surface area contributed by atoms with Crippen LogP contribution in [0.1, 0.15) is 53.1 Å². The number of ether oxygens (including phenoxy) is 1. The number of hydrogen-bond acceptors (Lipinski definition) is 3. The summed E-state index contributed by atoms with van der Waals surface area (Å²) in [7, 11) is 0. The molecule has 0 heterocycles. The van der Waals surface area contributed by atoms with E-state index in [1.54, 1.807) is 48.5 Å². The zero-order chi connectivity index (χ0) is 22.2. The molecule has 0 fully saturated rings. The van der Waals surface area contributed by atoms with E-state index in [0.717, 1.165) is 11.3 Å². The minimum atomic E-state index is -0.285. The third-order valence-electron chi connectivity index (χ3n) is 4.77. The van der Waals surface area contributed by atoms with E-state index in [2.05, 4.69) is 24.5 Å². The zero-order valence-corrected chi connectivity index (χ0v) is 18.1. The number of anilines is 1. The number of hydrogen-bond donors (Lipinski definition) is 2. The molecule has 0 spiro atoms. The molecule has 31 heavy (non-hydrogen) atoms. The molecule has 0 aliphatic carbocycles. The standard InChI is InChI=1S/C26H28N2O3/c1-18(2)17-31-22-15-13-21(14-16-22)25(29)28-24-12-8-7-11-23(24)26(30)27-19(3)20-9-5-4-6-10-20/h4-16,18-19H,17H2,1-3H3,(H,27,30)(H,28,29)/t19-/m1/s1. The van der Waals surface area contributed by atoms with Crippen LogP contribution in [0, 0.1) is 5.92 Å². The lowest BCUT2D eigenvalue weighted by atomic mass is 10.1. The predicted molar refractivity (Wildman–Crippen MR) is 123 cm³/mol. The maximum Gasteiger partial charge on any atom is 0.255 e. The Morgan fingerprint density at radius 3 is 2.13 bits per heavy atom. The molecule has 0 aliphatic rings. The van der Waals surface area contributed by atoms with Gasteiger partial charge < -0.3 is 15.4 Å². The molecule has 0 saturated carbocycles. The van der Waals surface area contributed by atoms with Gasteiger partial charge in [-0.05, 0) is 54.8 Å². The van der Waals surface area contributed by atoms with Gasteiger partial charge in [-0.15, -0.1) is 0 Å². The van der Waals surface area contributed by atoms with Gasteiger partial charge in [-0.3, -0.25) is 9.59 Å². The van der Waals surface area contributed by atoms with E-state index in [4.69, 9.17) is 4.74 Å². The molecule has 0 saturated heterocycles. The molecule has 0 unspecified atom stereocenters. The highest BCUT2D eigenvalue weighted by Crippen LogP contribution is 2.20. The van der Waals surface area contributed by atoms with Crippen LogP contribution in [-0.2, 0) is 0 Å². The van der Waals surface area contributed by atoms with E-state index < -0.39 is 0 Å². The molecule has 160 valence electrons. The summed E-state index contributed by atoms with van der Waals surface area (Å²) in [5.74, 6) is 0.617. The van der Waals surface area contributed by atoms with Crippen molar-refractivity contribution >= 4 is 17.5 Å². The maximum atomic E-state index is 12.9. The summed E-state index contributed by atoms with van der Waals surface area (Å²) in [6, 6.07) is 23.5. The van der Waals surface area contributed by atoms with Crippen molar-refractivity contribution < 1.29 is 14.3 Å². The monoisotopic (exact) mass is 416 g/mol. The first-order valence-electron chi connectivity index (χ1n) is 10.4. The van der Waals surface area contributed by atoms with Crippen LogP contribution >= 0.6 is 0 Å². The summed E-state index contributed by atoms with van der Waals surface area (Å²) in [6.07, 6.45) is 0. The normalized spacial score (nSPS) is 11.6. The molecular weight excluding hydrogens is 388 g/mol. The SMILES string of the molecule is CC(C)COc1ccc(C(=O)Nc2ccccc2C(=O)N[C@H](C)c2ccccc2)cc1. The molecule has 0 radical (unpaired) electrons. The first kappa shape index (κ1) is 22.1. The second-order valence-corrected chi connectivity index (χ2v) is 7.83. The van der Waals surface area contributed by atoms with Crippen LogP contribution in [0.2, 0.25) is 0 Å². The molecule has 5 heteroatoms. The maximum absolute atomic E-state index is 12.9. The fourth-order valence-corrected chi connectivity index (χ4v) is 3.05. The van der Waals surface area contributed by atoms with Gasteiger partial charge in [0.25, 0.3) is 11.8 Å². The van der Waals surface area contributed by atoms with Crippen molar-refractivity contribution in [3.8, 4) is 5.75 Å². The summed E-state index contributed by atoms with van der Waals surface area (Å²) in [5, 5.41) is 5.84. The van der Waals surface area contributed by atoms with Crippen LogP contribution in [0.5, 0.6) is 5.75 Å². The number of carbonyl (C=O) groups excluding carboxylic acids is 2. The van der Waals surface area contributed by atoms with Gasteiger partial charge in [0.1, 0.15) is 5.75 Å². The smallest absolute Gasteiger partial charge is 0.255 e. The molecule has 2 amide bonds. The fraction of sp³-hybridized carbons (Fsp3) is 0.231. The lowest BCUT2D eigenvalue weighted by Crippen LogP contribution is -2.28. The van der Waals surface area contributed by atoms with E-state index in [1.807, 2.05) is 37.3 Å². The molecule has 3 aromatic carbocycles. The van der Waals surface area contributed by atoms with Crippen molar-refractivity contribution in [2.24, 2.45) is 5.92 Å². The second-order valence-electron chi connectivity index (χ2n) is 7.83. The van der Waals surface area contributed by atoms with Crippen molar-refractivity contribution in [2.45, 2.75) is 26.8 Å². The topological polar surface area (TPSA) is 67.4 Å². The molecule has 0 bridgehead atoms. The Morgan fingerprint density at radius 2 is 1.45 bits per heavy atom. The quantitative estimate of drug-likeness (QED) is 0.512. The predicted octanol–water partition coefficient (Wildman–Crippen LogP) is 5.46. The molecule has 0 aliphatic heterocycles. The van der Waals surface area contributed by atoms with Gasteiger partial charge in [0, 0.05) is 5.56 Å². The summed E-state index contributed by atoms with van der Waals surface area (Å²) in [5.41, 5.74) is 2.38. The minimum Gasteiger partial charge on any atom is -0.493 e. The second kappa shape index (κ2) is 10.4. The number of amides is 2. The molecule has 3 rings (SSSR count). The summed E-state index contributed by atoms with van der Waals surface area (Å²) >= 11 is 0. The van der Waals surface area contributed by atoms with Crippen molar-refractivity contribution in [1.29, 1.82) is 0 Å². The Balaban J connectivity index is 1.68. The Bertz CT molecular complexity index is 1010. The van der Waals surface area contributed by atoms with Crippen LogP contribution in [0.15, 0.2) is 78.9 Å². The average Bonchev–Trinajstić information content (AvgIpc) is 2.78. The van der Waals surface area contributed by atoms with Crippen LogP contribution in [0.4, 0.5) is 5.69 Å². The Kier molecular flexibility index (Phi) is 7.44. The number of rotatable bonds is 8. The zero-order valence-electron chi connectivity index (χ0n) is 18.1. The average molecular weight is 417 g/mol. The highest BCUT2D eigenvalue weighted by molar-refractivity contribution is 6.09. The highest BCUT2D eigenvalue weighted by Gasteiger charge is 2.16. The van der Waals surface area contributed by atoms with Crippen molar-refractivity contribution in [3.05, 3.63) is 95.6 Å². The number of carbonyl (C=O) groups is 2. The van der Waals surface area contributed by atoms with Gasteiger partial charge >= 0.3 is 0 Å². The van der Waals surface area contributed by atoms with E-state index >= 15 is 0 Å². The molecule has 3 aromatic rings. The van der Waals surface area contributed by atoms with Crippen molar-refractivity contribution in [3.63, 3.8) is 0 Å². The van der Waals surface area contributed by atoms with Crippen molar-refractivity contribution in [2.75, 3.05) is 11.9 Å². The number of benzene rings is 3. The molecule has 0 aromatic heterocycles. The largest absolute Gasteiger partial charge is 0.493 e. The molecule has 1 atom stereocenters. The van der Waals surface area contributed by atoms with Gasteiger partial charge in [0.2, 0.25) is 0 Å². The third kappa shape index (κ3) is 6.19. The highest BCUT2D eigenvalue weighted by atomic mass is 16.5. The summed E-state index contributed by atoms with van der Waals surface area (Å²) < 4.78 is 5.66. The summed E-state index contributed by atoms with van der Waals surface area (Å²) in [6.45, 7) is 6.71. The van der Waals surface area contributed by atoms with Crippen LogP contribution < -0.4 is 15.4 Å². The van der Waals surface area contributed by atoms with E-state index in [1.165, 1.54) is 0 Å². The van der Waals surface area contributed by atoms with Gasteiger partial charge in [0.15, 0.2) is 0 Å². The van der Waals surface area contributed by atoms with Crippen LogP contribution in [0.3, 0.4) is 0 Å². The number of nitrogens with one attached hydrogen (secondary N) is 2. The lowest BCUT2D eigenvalue weighted by molar-refractivity contribution is 0.0940. The molecular formula is C26H28N2O3. The number of para-hydroxylation sites is 1. The third-order valence-corrected chi connectivity index (χ3v) is 4.77. The van der Waals surface area contributed by atoms with Gasteiger partial charge in [-0.25, -0.2) is 0 Å². The first-order chi connectivity index (χ1) is 14.9. The van der Waals surface area contributed by atoms with E-state index in [-0.39, 0.29) is 17.9 Å². The van der Waals surface area contributed by atoms with Gasteiger partial charge in [-0.2, -0.15) is 0 Å². The van der Waals surface area contributed by atoms with Gasteiger partial charge in [0.05, 0.1) is 23.9 Å². The van der Waals surface area contributed by atoms with Crippen molar-refractivity contribution in [1.82, 2.24) is 5.32 Å². The lowest BCUT2D eigenvalue weighted by Gasteiger charge is -2.16. The Hall–Kier alpha value is -3.60. The minimum absolute atomic E-state index is 0.157.